The molecular formula is C17H14Br2F2N2O3. The summed E-state index contributed by atoms with van der Waals surface area (Å²) < 4.78 is 30.5. The maximum absolute atomic E-state index is 12.3. The van der Waals surface area contributed by atoms with Gasteiger partial charge in [-0.05, 0) is 68.6 Å². The van der Waals surface area contributed by atoms with Gasteiger partial charge >= 0.3 is 6.61 Å². The molecule has 0 saturated heterocycles. The predicted octanol–water partition coefficient (Wildman–Crippen LogP) is 5.11. The summed E-state index contributed by atoms with van der Waals surface area (Å²) in [7, 11) is 0. The summed E-state index contributed by atoms with van der Waals surface area (Å²) in [5.41, 5.74) is 1.90. The number of nitrogens with zero attached hydrogens (tertiary/aromatic N) is 1. The third-order valence-electron chi connectivity index (χ3n) is 3.05. The van der Waals surface area contributed by atoms with Gasteiger partial charge in [0.25, 0.3) is 5.91 Å². The number of carbonyl (C=O) groups is 1. The third-order valence-corrected chi connectivity index (χ3v) is 4.30. The average molecular weight is 492 g/mol. The molecule has 0 aliphatic heterocycles. The number of ether oxygens (including phenoxy) is 1. The summed E-state index contributed by atoms with van der Waals surface area (Å²) in [4.78, 5) is 16.9. The van der Waals surface area contributed by atoms with Crippen molar-refractivity contribution in [3.63, 3.8) is 0 Å². The van der Waals surface area contributed by atoms with Crippen LogP contribution in [0.25, 0.3) is 0 Å². The van der Waals surface area contributed by atoms with Gasteiger partial charge in [-0.15, -0.1) is 0 Å². The van der Waals surface area contributed by atoms with Crippen LogP contribution in [0.2, 0.25) is 0 Å². The molecule has 5 nitrogen and oxygen atoms in total. The summed E-state index contributed by atoms with van der Waals surface area (Å²) in [6.07, 6.45) is 1.20. The van der Waals surface area contributed by atoms with Crippen molar-refractivity contribution in [1.29, 1.82) is 0 Å². The second-order valence-electron chi connectivity index (χ2n) is 5.08. The van der Waals surface area contributed by atoms with Crippen LogP contribution in [0.15, 0.2) is 50.5 Å². The molecule has 138 valence electrons. The number of anilines is 1. The minimum atomic E-state index is -2.94. The zero-order valence-electron chi connectivity index (χ0n) is 13.5. The molecule has 1 N–H and O–H groups in total. The molecule has 0 fully saturated rings. The Labute approximate surface area is 165 Å². The van der Waals surface area contributed by atoms with Crippen molar-refractivity contribution >= 4 is 49.7 Å². The number of hydrogen-bond acceptors (Lipinski definition) is 4. The maximum atomic E-state index is 12.3. The molecular weight excluding hydrogens is 478 g/mol. The highest BCUT2D eigenvalue weighted by Crippen LogP contribution is 2.32. The molecule has 2 rings (SSSR count). The van der Waals surface area contributed by atoms with E-state index in [0.717, 1.165) is 14.5 Å². The summed E-state index contributed by atoms with van der Waals surface area (Å²) >= 11 is 6.75. The van der Waals surface area contributed by atoms with Crippen LogP contribution in [-0.4, -0.2) is 25.3 Å². The maximum Gasteiger partial charge on any atom is 0.387 e. The van der Waals surface area contributed by atoms with E-state index in [0.29, 0.717) is 11.3 Å². The number of rotatable bonds is 7. The Balaban J connectivity index is 1.92. The summed E-state index contributed by atoms with van der Waals surface area (Å²) in [6, 6.07) is 9.83. The van der Waals surface area contributed by atoms with Crippen LogP contribution in [-0.2, 0) is 9.63 Å². The zero-order valence-corrected chi connectivity index (χ0v) is 16.7. The predicted molar refractivity (Wildman–Crippen MR) is 102 cm³/mol. The monoisotopic (exact) mass is 490 g/mol. The van der Waals surface area contributed by atoms with Gasteiger partial charge in [-0.2, -0.15) is 8.78 Å². The van der Waals surface area contributed by atoms with Crippen molar-refractivity contribution in [3.05, 3.63) is 56.5 Å². The minimum absolute atomic E-state index is 0.0354. The lowest BCUT2D eigenvalue weighted by Gasteiger charge is -2.10. The number of carbonyl (C=O) groups excluding carboxylic acids is 1. The van der Waals surface area contributed by atoms with Gasteiger partial charge in [0.2, 0.25) is 0 Å². The molecule has 26 heavy (non-hydrogen) atoms. The molecule has 0 unspecified atom stereocenters. The van der Waals surface area contributed by atoms with Crippen molar-refractivity contribution in [1.82, 2.24) is 0 Å². The summed E-state index contributed by atoms with van der Waals surface area (Å²) in [5.74, 6) is -0.462. The van der Waals surface area contributed by atoms with Gasteiger partial charge in [0.15, 0.2) is 6.61 Å². The fourth-order valence-corrected chi connectivity index (χ4v) is 3.59. The highest BCUT2D eigenvalue weighted by molar-refractivity contribution is 9.11. The van der Waals surface area contributed by atoms with E-state index in [2.05, 4.69) is 47.1 Å². The lowest BCUT2D eigenvalue weighted by Crippen LogP contribution is -2.17. The van der Waals surface area contributed by atoms with Gasteiger partial charge in [-0.1, -0.05) is 17.3 Å². The highest BCUT2D eigenvalue weighted by atomic mass is 79.9. The van der Waals surface area contributed by atoms with Gasteiger partial charge in [0.05, 0.1) is 11.9 Å². The van der Waals surface area contributed by atoms with E-state index < -0.39 is 12.5 Å². The van der Waals surface area contributed by atoms with Gasteiger partial charge in [-0.25, -0.2) is 0 Å². The number of benzene rings is 2. The largest absolute Gasteiger partial charge is 0.434 e. The number of oxime groups is 1. The number of hydrogen-bond donors (Lipinski definition) is 1. The first-order chi connectivity index (χ1) is 12.4. The Morgan fingerprint density at radius 1 is 1.27 bits per heavy atom. The Morgan fingerprint density at radius 2 is 1.92 bits per heavy atom. The van der Waals surface area contributed by atoms with Gasteiger partial charge < -0.3 is 14.9 Å². The fourth-order valence-electron chi connectivity index (χ4n) is 1.98. The van der Waals surface area contributed by atoms with Crippen LogP contribution in [0.5, 0.6) is 5.75 Å². The van der Waals surface area contributed by atoms with Crippen LogP contribution in [0.1, 0.15) is 11.1 Å². The molecule has 0 aromatic heterocycles. The number of amides is 1. The molecule has 2 aromatic rings. The number of aryl methyl sites for hydroxylation is 1. The Hall–Kier alpha value is -2.00. The van der Waals surface area contributed by atoms with Crippen LogP contribution in [0.4, 0.5) is 14.5 Å². The Morgan fingerprint density at radius 3 is 2.58 bits per heavy atom. The van der Waals surface area contributed by atoms with Crippen molar-refractivity contribution < 1.29 is 23.1 Å². The van der Waals surface area contributed by atoms with E-state index in [1.54, 1.807) is 12.1 Å². The lowest BCUT2D eigenvalue weighted by atomic mass is 10.2. The third kappa shape index (κ3) is 6.06. The van der Waals surface area contributed by atoms with Crippen molar-refractivity contribution in [2.24, 2.45) is 5.16 Å². The van der Waals surface area contributed by atoms with E-state index in [9.17, 15) is 13.6 Å². The molecule has 2 aromatic carbocycles. The fraction of sp³-hybridized carbons (Fsp3) is 0.176. The second kappa shape index (κ2) is 9.63. The van der Waals surface area contributed by atoms with Crippen molar-refractivity contribution in [2.75, 3.05) is 11.9 Å². The quantitative estimate of drug-likeness (QED) is 0.432. The first kappa shape index (κ1) is 20.3. The molecule has 0 spiro atoms. The molecule has 0 aliphatic rings. The zero-order chi connectivity index (χ0) is 19.1. The van der Waals surface area contributed by atoms with E-state index in [1.165, 1.54) is 18.3 Å². The molecule has 0 heterocycles. The summed E-state index contributed by atoms with van der Waals surface area (Å²) in [6.45, 7) is -1.36. The number of para-hydroxylation sites is 1. The lowest BCUT2D eigenvalue weighted by molar-refractivity contribution is -0.120. The molecule has 0 atom stereocenters. The van der Waals surface area contributed by atoms with Crippen LogP contribution >= 0.6 is 31.9 Å². The number of alkyl halides is 2. The molecule has 0 aliphatic carbocycles. The minimum Gasteiger partial charge on any atom is -0.434 e. The second-order valence-corrected chi connectivity index (χ2v) is 6.78. The van der Waals surface area contributed by atoms with E-state index >= 15 is 0 Å². The first-order valence-electron chi connectivity index (χ1n) is 7.31. The van der Waals surface area contributed by atoms with Gasteiger partial charge in [-0.3, -0.25) is 4.79 Å². The first-order valence-corrected chi connectivity index (χ1v) is 8.90. The smallest absolute Gasteiger partial charge is 0.387 e. The van der Waals surface area contributed by atoms with E-state index in [4.69, 9.17) is 4.84 Å². The van der Waals surface area contributed by atoms with Crippen molar-refractivity contribution in [3.8, 4) is 5.75 Å². The van der Waals surface area contributed by atoms with Gasteiger partial charge in [0.1, 0.15) is 5.75 Å². The molecule has 0 saturated carbocycles. The van der Waals surface area contributed by atoms with Gasteiger partial charge in [0, 0.05) is 14.5 Å². The molecule has 0 bridgehead atoms. The van der Waals surface area contributed by atoms with Crippen LogP contribution in [0, 0.1) is 6.92 Å². The van der Waals surface area contributed by atoms with Crippen LogP contribution in [0.3, 0.4) is 0 Å². The highest BCUT2D eigenvalue weighted by Gasteiger charge is 2.11. The van der Waals surface area contributed by atoms with Crippen LogP contribution < -0.4 is 10.1 Å². The average Bonchev–Trinajstić information content (AvgIpc) is 2.56. The Kier molecular flexibility index (Phi) is 7.52. The topological polar surface area (TPSA) is 59.9 Å². The molecule has 1 amide bonds. The molecule has 9 heteroatoms. The SMILES string of the molecule is Cc1cc(Br)c(NC(=O)CO/N=C/c2ccccc2OC(F)F)c(Br)c1. The number of nitrogens with one attached hydrogen (secondary N) is 1. The summed E-state index contributed by atoms with van der Waals surface area (Å²) in [5, 5.41) is 6.30. The normalized spacial score (nSPS) is 11.0. The standard InChI is InChI=1S/C17H14Br2F2N2O3/c1-10-6-12(18)16(13(19)7-10)23-15(24)9-25-22-8-11-4-2-3-5-14(11)26-17(20)21/h2-8,17H,9H2,1H3,(H,23,24)/b22-8+. The van der Waals surface area contributed by atoms with Crippen molar-refractivity contribution in [2.45, 2.75) is 13.5 Å². The molecule has 0 radical (unpaired) electrons. The number of halogens is 4. The van der Waals surface area contributed by atoms with E-state index in [1.807, 2.05) is 19.1 Å². The van der Waals surface area contributed by atoms with E-state index in [-0.39, 0.29) is 12.4 Å². The Bertz CT molecular complexity index is 793.